The minimum Gasteiger partial charge on any atom is -0.548 e. The van der Waals surface area contributed by atoms with Crippen LogP contribution >= 0.6 is 0 Å². The molecule has 0 aromatic carbocycles. The summed E-state index contributed by atoms with van der Waals surface area (Å²) in [6.07, 6.45) is 5.81. The molecule has 0 fully saturated rings. The molecule has 0 unspecified atom stereocenters. The van der Waals surface area contributed by atoms with Crippen LogP contribution in [0.3, 0.4) is 0 Å². The zero-order valence-corrected chi connectivity index (χ0v) is 13.5. The molecule has 5 heteroatoms. The second-order valence-corrected chi connectivity index (χ2v) is 4.16. The van der Waals surface area contributed by atoms with Crippen LogP contribution in [0, 0.1) is 0 Å². The van der Waals surface area contributed by atoms with E-state index in [0.29, 0.717) is 6.42 Å². The van der Waals surface area contributed by atoms with Gasteiger partial charge in [0.15, 0.2) is 0 Å². The summed E-state index contributed by atoms with van der Waals surface area (Å²) in [6, 6.07) is -0.844. The third-order valence-electron chi connectivity index (χ3n) is 2.81. The molecule has 0 saturated heterocycles. The number of carbonyl (C=O) groups excluding carboxylic acids is 2. The fourth-order valence-corrected chi connectivity index (χ4v) is 1.43. The maximum Gasteiger partial charge on any atom is 1.00 e. The number of likely N-dealkylation sites (N-methyl/N-ethyl adjacent to an activating group) is 1. The average molecular weight is 251 g/mol. The van der Waals surface area contributed by atoms with Crippen LogP contribution in [-0.2, 0) is 9.59 Å². The zero-order valence-electron chi connectivity index (χ0n) is 11.5. The number of unbranched alkanes of at least 4 members (excludes halogenated alkanes) is 4. The smallest absolute Gasteiger partial charge is 0.548 e. The summed E-state index contributed by atoms with van der Waals surface area (Å²) in [7, 11) is 1.51. The molecule has 1 amide bonds. The van der Waals surface area contributed by atoms with Crippen molar-refractivity contribution in [2.45, 2.75) is 58.4 Å². The average Bonchev–Trinajstić information content (AvgIpc) is 2.26. The number of carbonyl (C=O) groups is 2. The Kier molecular flexibility index (Phi) is 12.5. The van der Waals surface area contributed by atoms with E-state index in [1.807, 2.05) is 0 Å². The molecule has 0 spiro atoms. The van der Waals surface area contributed by atoms with Gasteiger partial charge in [0.1, 0.15) is 0 Å². The topological polar surface area (TPSA) is 60.4 Å². The van der Waals surface area contributed by atoms with E-state index in [4.69, 9.17) is 0 Å². The van der Waals surface area contributed by atoms with Gasteiger partial charge in [0, 0.05) is 13.5 Å². The molecule has 0 heterocycles. The number of hydrogen-bond donors (Lipinski definition) is 0. The second kappa shape index (κ2) is 11.1. The van der Waals surface area contributed by atoms with Gasteiger partial charge in [-0.3, -0.25) is 4.79 Å². The third kappa shape index (κ3) is 8.63. The summed E-state index contributed by atoms with van der Waals surface area (Å²) < 4.78 is 0. The van der Waals surface area contributed by atoms with E-state index in [-0.39, 0.29) is 35.5 Å². The van der Waals surface area contributed by atoms with Crippen molar-refractivity contribution in [3.63, 3.8) is 0 Å². The predicted molar refractivity (Wildman–Crippen MR) is 60.6 cm³/mol. The Hall–Kier alpha value is -0.0600. The molecule has 0 radical (unpaired) electrons. The predicted octanol–water partition coefficient (Wildman–Crippen LogP) is -2.05. The van der Waals surface area contributed by atoms with Crippen molar-refractivity contribution in [3.05, 3.63) is 0 Å². The van der Waals surface area contributed by atoms with E-state index in [1.54, 1.807) is 0 Å². The first kappa shape index (κ1) is 19.3. The van der Waals surface area contributed by atoms with Crippen LogP contribution in [0.5, 0.6) is 0 Å². The van der Waals surface area contributed by atoms with Gasteiger partial charge >= 0.3 is 29.6 Å². The first-order valence-electron chi connectivity index (χ1n) is 5.97. The number of hydrogen-bond acceptors (Lipinski definition) is 3. The molecule has 0 aliphatic heterocycles. The quantitative estimate of drug-likeness (QED) is 0.368. The standard InChI is InChI=1S/C12H23NO3.Na/c1-4-5-6-7-8-9-11(14)13(3)10(2)12(15)16;/h10H,4-9H2,1-3H3,(H,15,16);/q;+1/p-1/t10-;/m0./s1. The summed E-state index contributed by atoms with van der Waals surface area (Å²) in [4.78, 5) is 23.4. The number of amides is 1. The van der Waals surface area contributed by atoms with E-state index < -0.39 is 12.0 Å². The molecule has 0 aliphatic rings. The Balaban J connectivity index is 0. The molecule has 0 aromatic rings. The minimum atomic E-state index is -1.21. The van der Waals surface area contributed by atoms with Gasteiger partial charge in [-0.15, -0.1) is 0 Å². The van der Waals surface area contributed by atoms with E-state index in [1.165, 1.54) is 31.7 Å². The summed E-state index contributed by atoms with van der Waals surface area (Å²) in [6.45, 7) is 3.60. The number of rotatable bonds is 8. The van der Waals surface area contributed by atoms with E-state index in [2.05, 4.69) is 6.92 Å². The Labute approximate surface area is 126 Å². The molecular formula is C12H22NNaO3. The molecule has 0 bridgehead atoms. The monoisotopic (exact) mass is 251 g/mol. The maximum absolute atomic E-state index is 11.6. The Morgan fingerprint density at radius 1 is 1.18 bits per heavy atom. The van der Waals surface area contributed by atoms with Crippen molar-refractivity contribution in [2.75, 3.05) is 7.05 Å². The van der Waals surface area contributed by atoms with Gasteiger partial charge < -0.3 is 14.8 Å². The van der Waals surface area contributed by atoms with Crippen molar-refractivity contribution in [1.82, 2.24) is 4.90 Å². The molecule has 4 nitrogen and oxygen atoms in total. The summed E-state index contributed by atoms with van der Waals surface area (Å²) >= 11 is 0. The van der Waals surface area contributed by atoms with Gasteiger partial charge in [0.25, 0.3) is 0 Å². The van der Waals surface area contributed by atoms with Gasteiger partial charge in [-0.25, -0.2) is 0 Å². The van der Waals surface area contributed by atoms with Gasteiger partial charge in [0.05, 0.1) is 12.0 Å². The molecule has 0 aliphatic carbocycles. The fraction of sp³-hybridized carbons (Fsp3) is 0.833. The van der Waals surface area contributed by atoms with Crippen molar-refractivity contribution >= 4 is 11.9 Å². The molecule has 0 aromatic heterocycles. The number of aliphatic carboxylic acids is 1. The first-order valence-corrected chi connectivity index (χ1v) is 5.97. The first-order chi connectivity index (χ1) is 7.50. The SMILES string of the molecule is CCCCCCCC(=O)N(C)[C@@H](C)C(=O)[O-].[Na+]. The number of nitrogens with zero attached hydrogens (tertiary/aromatic N) is 1. The number of carboxylic acid groups (broad SMARTS) is 1. The van der Waals surface area contributed by atoms with Crippen LogP contribution in [-0.4, -0.2) is 29.9 Å². The van der Waals surface area contributed by atoms with Crippen LogP contribution in [0.1, 0.15) is 52.4 Å². The molecule has 0 rings (SSSR count). The van der Waals surface area contributed by atoms with E-state index >= 15 is 0 Å². The minimum absolute atomic E-state index is 0. The van der Waals surface area contributed by atoms with Gasteiger partial charge in [0.2, 0.25) is 5.91 Å². The van der Waals surface area contributed by atoms with Gasteiger partial charge in [-0.2, -0.15) is 0 Å². The zero-order chi connectivity index (χ0) is 12.6. The summed E-state index contributed by atoms with van der Waals surface area (Å²) in [5, 5.41) is 10.6. The molecule has 0 N–H and O–H groups in total. The van der Waals surface area contributed by atoms with Crippen molar-refractivity contribution in [1.29, 1.82) is 0 Å². The van der Waals surface area contributed by atoms with Crippen molar-refractivity contribution in [3.8, 4) is 0 Å². The normalized spacial score (nSPS) is 11.5. The number of carboxylic acids is 1. The van der Waals surface area contributed by atoms with Crippen molar-refractivity contribution < 1.29 is 44.3 Å². The van der Waals surface area contributed by atoms with Crippen LogP contribution < -0.4 is 34.7 Å². The maximum atomic E-state index is 11.6. The van der Waals surface area contributed by atoms with Crippen LogP contribution in [0.25, 0.3) is 0 Å². The van der Waals surface area contributed by atoms with Crippen LogP contribution in [0.2, 0.25) is 0 Å². The van der Waals surface area contributed by atoms with E-state index in [9.17, 15) is 14.7 Å². The Bertz CT molecular complexity index is 234. The largest absolute Gasteiger partial charge is 1.00 e. The second-order valence-electron chi connectivity index (χ2n) is 4.16. The molecule has 17 heavy (non-hydrogen) atoms. The molecule has 94 valence electrons. The fourth-order valence-electron chi connectivity index (χ4n) is 1.43. The van der Waals surface area contributed by atoms with Crippen LogP contribution in [0.4, 0.5) is 0 Å². The van der Waals surface area contributed by atoms with Crippen molar-refractivity contribution in [2.24, 2.45) is 0 Å². The third-order valence-corrected chi connectivity index (χ3v) is 2.81. The summed E-state index contributed by atoms with van der Waals surface area (Å²) in [5.74, 6) is -1.32. The molecule has 1 atom stereocenters. The van der Waals surface area contributed by atoms with Gasteiger partial charge in [-0.1, -0.05) is 32.6 Å². The Morgan fingerprint density at radius 3 is 2.18 bits per heavy atom. The molecule has 0 saturated carbocycles. The molecular weight excluding hydrogens is 229 g/mol. The van der Waals surface area contributed by atoms with E-state index in [0.717, 1.165) is 19.3 Å². The van der Waals surface area contributed by atoms with Crippen LogP contribution in [0.15, 0.2) is 0 Å². The Morgan fingerprint density at radius 2 is 1.71 bits per heavy atom. The summed E-state index contributed by atoms with van der Waals surface area (Å²) in [5.41, 5.74) is 0. The van der Waals surface area contributed by atoms with Gasteiger partial charge in [-0.05, 0) is 13.3 Å².